The smallest absolute Gasteiger partial charge is 0.345 e. The first kappa shape index (κ1) is 19.2. The van der Waals surface area contributed by atoms with Crippen molar-refractivity contribution in [3.63, 3.8) is 0 Å². The van der Waals surface area contributed by atoms with Crippen LogP contribution in [0.25, 0.3) is 0 Å². The highest BCUT2D eigenvalue weighted by molar-refractivity contribution is 5.95. The number of benzene rings is 1. The fourth-order valence-electron chi connectivity index (χ4n) is 2.69. The van der Waals surface area contributed by atoms with Crippen LogP contribution in [-0.4, -0.2) is 30.1 Å². The molecule has 0 radical (unpaired) electrons. The van der Waals surface area contributed by atoms with Crippen molar-refractivity contribution in [3.05, 3.63) is 57.4 Å². The Balaban J connectivity index is 2.56. The lowest BCUT2D eigenvalue weighted by atomic mass is 9.95. The van der Waals surface area contributed by atoms with E-state index >= 15 is 0 Å². The van der Waals surface area contributed by atoms with Crippen molar-refractivity contribution in [3.8, 4) is 11.5 Å². The molecule has 0 aliphatic heterocycles. The van der Waals surface area contributed by atoms with E-state index in [1.807, 2.05) is 26.8 Å². The molecule has 0 amide bonds. The third-order valence-corrected chi connectivity index (χ3v) is 3.92. The van der Waals surface area contributed by atoms with Gasteiger partial charge in [-0.1, -0.05) is 0 Å². The van der Waals surface area contributed by atoms with Crippen LogP contribution in [0.5, 0.6) is 11.5 Å². The fourth-order valence-corrected chi connectivity index (χ4v) is 2.69. The Morgan fingerprint density at radius 2 is 1.92 bits per heavy atom. The molecule has 2 rings (SSSR count). The Kier molecular flexibility index (Phi) is 5.44. The SMILES string of the molecule is COC(=O)c1cc(OC(C)(C)c2ccncc2C)c(OC)cc1[N+](=O)[O-]. The van der Waals surface area contributed by atoms with E-state index in [0.29, 0.717) is 0 Å². The Morgan fingerprint density at radius 3 is 2.46 bits per heavy atom. The number of carbonyl (C=O) groups is 1. The molecule has 8 nitrogen and oxygen atoms in total. The maximum absolute atomic E-state index is 11.9. The lowest BCUT2D eigenvalue weighted by Crippen LogP contribution is -2.27. The van der Waals surface area contributed by atoms with Crippen LogP contribution in [0, 0.1) is 17.0 Å². The number of nitro groups is 1. The highest BCUT2D eigenvalue weighted by atomic mass is 16.6. The first-order chi connectivity index (χ1) is 12.2. The predicted octanol–water partition coefficient (Wildman–Crippen LogP) is 3.41. The Morgan fingerprint density at radius 1 is 1.23 bits per heavy atom. The van der Waals surface area contributed by atoms with Gasteiger partial charge in [-0.3, -0.25) is 15.1 Å². The van der Waals surface area contributed by atoms with Crippen LogP contribution in [0.15, 0.2) is 30.6 Å². The quantitative estimate of drug-likeness (QED) is 0.442. The van der Waals surface area contributed by atoms with Gasteiger partial charge in [-0.05, 0) is 32.4 Å². The van der Waals surface area contributed by atoms with Crippen molar-refractivity contribution < 1.29 is 23.9 Å². The van der Waals surface area contributed by atoms with Gasteiger partial charge < -0.3 is 14.2 Å². The number of nitrogens with zero attached hydrogens (tertiary/aromatic N) is 2. The molecule has 26 heavy (non-hydrogen) atoms. The highest BCUT2D eigenvalue weighted by Gasteiger charge is 2.30. The van der Waals surface area contributed by atoms with Gasteiger partial charge in [0, 0.05) is 24.0 Å². The average Bonchev–Trinajstić information content (AvgIpc) is 2.60. The number of aryl methyl sites for hydroxylation is 1. The summed E-state index contributed by atoms with van der Waals surface area (Å²) in [5, 5.41) is 11.3. The summed E-state index contributed by atoms with van der Waals surface area (Å²) in [7, 11) is 2.52. The first-order valence-corrected chi connectivity index (χ1v) is 7.76. The van der Waals surface area contributed by atoms with Crippen molar-refractivity contribution >= 4 is 11.7 Å². The number of hydrogen-bond donors (Lipinski definition) is 0. The number of nitro benzene ring substituents is 1. The zero-order valence-electron chi connectivity index (χ0n) is 15.2. The third-order valence-electron chi connectivity index (χ3n) is 3.92. The van der Waals surface area contributed by atoms with Gasteiger partial charge in [-0.25, -0.2) is 4.79 Å². The number of hydrogen-bond acceptors (Lipinski definition) is 7. The summed E-state index contributed by atoms with van der Waals surface area (Å²) < 4.78 is 15.9. The van der Waals surface area contributed by atoms with E-state index < -0.39 is 22.2 Å². The van der Waals surface area contributed by atoms with Crippen LogP contribution < -0.4 is 9.47 Å². The predicted molar refractivity (Wildman–Crippen MR) is 93.6 cm³/mol. The molecule has 0 aliphatic carbocycles. The summed E-state index contributed by atoms with van der Waals surface area (Å²) in [4.78, 5) is 26.6. The minimum absolute atomic E-state index is 0.143. The number of ether oxygens (including phenoxy) is 3. The molecule has 1 aromatic heterocycles. The summed E-state index contributed by atoms with van der Waals surface area (Å²) >= 11 is 0. The summed E-state index contributed by atoms with van der Waals surface area (Å²) in [5.74, 6) is -0.494. The van der Waals surface area contributed by atoms with Gasteiger partial charge in [0.2, 0.25) is 0 Å². The number of aromatic nitrogens is 1. The van der Waals surface area contributed by atoms with E-state index in [2.05, 4.69) is 9.72 Å². The van der Waals surface area contributed by atoms with Crippen molar-refractivity contribution in [1.82, 2.24) is 4.98 Å². The molecule has 0 spiro atoms. The van der Waals surface area contributed by atoms with Crippen LogP contribution in [0.4, 0.5) is 5.69 Å². The lowest BCUT2D eigenvalue weighted by Gasteiger charge is -2.29. The zero-order chi connectivity index (χ0) is 19.5. The summed E-state index contributed by atoms with van der Waals surface area (Å²) in [5.41, 5.74) is 0.373. The average molecular weight is 360 g/mol. The normalized spacial score (nSPS) is 11.0. The van der Waals surface area contributed by atoms with Gasteiger partial charge in [-0.2, -0.15) is 0 Å². The summed E-state index contributed by atoms with van der Waals surface area (Å²) in [6.07, 6.45) is 3.37. The molecule has 0 saturated heterocycles. The van der Waals surface area contributed by atoms with Crippen LogP contribution in [0.1, 0.15) is 35.3 Å². The topological polar surface area (TPSA) is 101 Å². The molecule has 0 saturated carbocycles. The molecular weight excluding hydrogens is 340 g/mol. The zero-order valence-corrected chi connectivity index (χ0v) is 15.2. The van der Waals surface area contributed by atoms with Crippen molar-refractivity contribution in [2.24, 2.45) is 0 Å². The molecule has 0 atom stereocenters. The summed E-state index contributed by atoms with van der Waals surface area (Å²) in [6, 6.07) is 4.24. The monoisotopic (exact) mass is 360 g/mol. The van der Waals surface area contributed by atoms with Crippen LogP contribution >= 0.6 is 0 Å². The Bertz CT molecular complexity index is 848. The number of carbonyl (C=O) groups excluding carboxylic acids is 1. The van der Waals surface area contributed by atoms with Crippen LogP contribution in [0.2, 0.25) is 0 Å². The summed E-state index contributed by atoms with van der Waals surface area (Å²) in [6.45, 7) is 5.59. The Hall–Kier alpha value is -3.16. The molecule has 0 fully saturated rings. The van der Waals surface area contributed by atoms with Gasteiger partial charge in [0.05, 0.1) is 25.2 Å². The van der Waals surface area contributed by atoms with E-state index in [1.165, 1.54) is 13.2 Å². The van der Waals surface area contributed by atoms with Gasteiger partial charge in [0.25, 0.3) is 5.69 Å². The molecule has 0 bridgehead atoms. The van der Waals surface area contributed by atoms with Gasteiger partial charge in [0.1, 0.15) is 11.2 Å². The van der Waals surface area contributed by atoms with Gasteiger partial charge in [0.15, 0.2) is 11.5 Å². The van der Waals surface area contributed by atoms with E-state index in [9.17, 15) is 14.9 Å². The minimum Gasteiger partial charge on any atom is -0.493 e. The van der Waals surface area contributed by atoms with E-state index in [-0.39, 0.29) is 17.1 Å². The van der Waals surface area contributed by atoms with Crippen LogP contribution in [-0.2, 0) is 10.3 Å². The third kappa shape index (κ3) is 3.74. The second-order valence-corrected chi connectivity index (χ2v) is 6.07. The molecule has 8 heteroatoms. The second-order valence-electron chi connectivity index (χ2n) is 6.07. The molecule has 0 aliphatic rings. The van der Waals surface area contributed by atoms with E-state index in [1.54, 1.807) is 12.4 Å². The largest absolute Gasteiger partial charge is 0.493 e. The van der Waals surface area contributed by atoms with E-state index in [0.717, 1.165) is 24.3 Å². The first-order valence-electron chi connectivity index (χ1n) is 7.76. The van der Waals surface area contributed by atoms with Gasteiger partial charge in [-0.15, -0.1) is 0 Å². The van der Waals surface area contributed by atoms with Crippen molar-refractivity contribution in [2.45, 2.75) is 26.4 Å². The Labute approximate surface area is 150 Å². The number of pyridine rings is 1. The fraction of sp³-hybridized carbons (Fsp3) is 0.333. The maximum atomic E-state index is 11.9. The number of rotatable bonds is 6. The molecule has 1 aromatic carbocycles. The molecule has 2 aromatic rings. The highest BCUT2D eigenvalue weighted by Crippen LogP contribution is 2.39. The molecule has 0 unspecified atom stereocenters. The number of esters is 1. The van der Waals surface area contributed by atoms with Gasteiger partial charge >= 0.3 is 5.97 Å². The van der Waals surface area contributed by atoms with Crippen LogP contribution in [0.3, 0.4) is 0 Å². The molecule has 0 N–H and O–H groups in total. The lowest BCUT2D eigenvalue weighted by molar-refractivity contribution is -0.385. The van der Waals surface area contributed by atoms with E-state index in [4.69, 9.17) is 9.47 Å². The molecule has 138 valence electrons. The van der Waals surface area contributed by atoms with Crippen molar-refractivity contribution in [1.29, 1.82) is 0 Å². The second kappa shape index (κ2) is 7.38. The minimum atomic E-state index is -0.831. The number of methoxy groups -OCH3 is 2. The molecular formula is C18H20N2O6. The maximum Gasteiger partial charge on any atom is 0.345 e. The molecule has 1 heterocycles. The standard InChI is InChI=1S/C18H20N2O6/c1-11-10-19-7-6-13(11)18(2,3)26-16-8-12(17(21)25-5)14(20(22)23)9-15(16)24-4/h6-10H,1-5H3. The van der Waals surface area contributed by atoms with Crippen molar-refractivity contribution in [2.75, 3.05) is 14.2 Å².